The number of benzene rings is 1. The number of rotatable bonds is 1. The van der Waals surface area contributed by atoms with Gasteiger partial charge in [-0.05, 0) is 18.2 Å². The fraction of sp³-hybridized carbons (Fsp3) is 0.125. The predicted molar refractivity (Wildman–Crippen MR) is 46.2 cm³/mol. The van der Waals surface area contributed by atoms with E-state index >= 15 is 0 Å². The number of aromatic hydroxyl groups is 1. The molecule has 0 saturated carbocycles. The maximum Gasteiger partial charge on any atom is 0.455 e. The van der Waals surface area contributed by atoms with Gasteiger partial charge in [0.05, 0.1) is 5.56 Å². The van der Waals surface area contributed by atoms with Gasteiger partial charge in [0.15, 0.2) is 0 Å². The van der Waals surface area contributed by atoms with Gasteiger partial charge in [-0.1, -0.05) is 15.9 Å². The number of hydrogen-bond donors (Lipinski definition) is 1. The van der Waals surface area contributed by atoms with Gasteiger partial charge in [0.1, 0.15) is 5.75 Å². The molecule has 2 nitrogen and oxygen atoms in total. The molecule has 0 aliphatic rings. The molecule has 0 aliphatic carbocycles. The van der Waals surface area contributed by atoms with Crippen molar-refractivity contribution in [1.82, 2.24) is 0 Å². The zero-order chi connectivity index (χ0) is 10.9. The number of phenolic OH excluding ortho intramolecular Hbond substituents is 1. The molecule has 1 aromatic rings. The van der Waals surface area contributed by atoms with Crippen molar-refractivity contribution >= 4 is 21.7 Å². The van der Waals surface area contributed by atoms with Crippen LogP contribution in [0, 0.1) is 0 Å². The van der Waals surface area contributed by atoms with Crippen LogP contribution in [-0.4, -0.2) is 17.1 Å². The number of halogens is 4. The molecule has 0 heterocycles. The summed E-state index contributed by atoms with van der Waals surface area (Å²) in [5, 5.41) is 9.03. The summed E-state index contributed by atoms with van der Waals surface area (Å²) in [4.78, 5) is 10.7. The van der Waals surface area contributed by atoms with Crippen LogP contribution in [0.1, 0.15) is 10.4 Å². The molecule has 1 rings (SSSR count). The van der Waals surface area contributed by atoms with Crippen LogP contribution in [0.4, 0.5) is 13.2 Å². The summed E-state index contributed by atoms with van der Waals surface area (Å²) in [6.45, 7) is 0. The Balaban J connectivity index is 3.19. The summed E-state index contributed by atoms with van der Waals surface area (Å²) in [6, 6.07) is 3.27. The fourth-order valence-electron chi connectivity index (χ4n) is 0.843. The lowest BCUT2D eigenvalue weighted by atomic mass is 10.1. The summed E-state index contributed by atoms with van der Waals surface area (Å²) in [6.07, 6.45) is -4.97. The molecule has 0 unspecified atom stereocenters. The Bertz CT molecular complexity index is 373. The highest BCUT2D eigenvalue weighted by atomic mass is 79.9. The Morgan fingerprint density at radius 1 is 1.36 bits per heavy atom. The summed E-state index contributed by atoms with van der Waals surface area (Å²) in [5.74, 6) is -2.74. The van der Waals surface area contributed by atoms with Gasteiger partial charge in [0.25, 0.3) is 5.78 Å². The Labute approximate surface area is 85.5 Å². The molecular formula is C8H4BrF3O2. The average molecular weight is 269 g/mol. The molecule has 1 aromatic carbocycles. The molecule has 0 fully saturated rings. The molecule has 0 spiro atoms. The highest BCUT2D eigenvalue weighted by Crippen LogP contribution is 2.28. The van der Waals surface area contributed by atoms with E-state index in [-0.39, 0.29) is 0 Å². The third-order valence-electron chi connectivity index (χ3n) is 1.46. The molecule has 6 heteroatoms. The lowest BCUT2D eigenvalue weighted by Crippen LogP contribution is -2.22. The van der Waals surface area contributed by atoms with Crippen LogP contribution in [0.2, 0.25) is 0 Å². The SMILES string of the molecule is O=C(c1cc(Br)ccc1O)C(F)(F)F. The standard InChI is InChI=1S/C8H4BrF3O2/c9-4-1-2-6(13)5(3-4)7(14)8(10,11)12/h1-3,13H. The highest BCUT2D eigenvalue weighted by Gasteiger charge is 2.40. The average Bonchev–Trinajstić information content (AvgIpc) is 2.06. The van der Waals surface area contributed by atoms with Crippen molar-refractivity contribution in [2.75, 3.05) is 0 Å². The van der Waals surface area contributed by atoms with Crippen molar-refractivity contribution in [1.29, 1.82) is 0 Å². The minimum atomic E-state index is -4.97. The van der Waals surface area contributed by atoms with Crippen LogP contribution < -0.4 is 0 Å². The van der Waals surface area contributed by atoms with E-state index in [1.807, 2.05) is 0 Å². The normalized spacial score (nSPS) is 11.4. The number of phenols is 1. The quantitative estimate of drug-likeness (QED) is 0.796. The first kappa shape index (κ1) is 11.0. The minimum Gasteiger partial charge on any atom is -0.507 e. The number of alkyl halides is 3. The first-order valence-electron chi connectivity index (χ1n) is 3.42. The van der Waals surface area contributed by atoms with E-state index in [2.05, 4.69) is 15.9 Å². The minimum absolute atomic E-state index is 0.294. The fourth-order valence-corrected chi connectivity index (χ4v) is 1.20. The van der Waals surface area contributed by atoms with Crippen LogP contribution in [0.15, 0.2) is 22.7 Å². The van der Waals surface area contributed by atoms with Crippen molar-refractivity contribution in [2.24, 2.45) is 0 Å². The van der Waals surface area contributed by atoms with Gasteiger partial charge >= 0.3 is 6.18 Å². The summed E-state index contributed by atoms with van der Waals surface area (Å²) < 4.78 is 36.2. The van der Waals surface area contributed by atoms with Gasteiger partial charge in [-0.15, -0.1) is 0 Å². The first-order chi connectivity index (χ1) is 6.32. The third kappa shape index (κ3) is 2.25. The number of hydrogen-bond acceptors (Lipinski definition) is 2. The summed E-state index contributed by atoms with van der Waals surface area (Å²) >= 11 is 2.90. The van der Waals surface area contributed by atoms with Crippen molar-refractivity contribution < 1.29 is 23.1 Å². The topological polar surface area (TPSA) is 37.3 Å². The van der Waals surface area contributed by atoms with E-state index in [1.54, 1.807) is 0 Å². The second-order valence-electron chi connectivity index (χ2n) is 2.49. The first-order valence-corrected chi connectivity index (χ1v) is 4.21. The second kappa shape index (κ2) is 3.61. The maximum absolute atomic E-state index is 12.0. The molecule has 0 radical (unpaired) electrons. The van der Waals surface area contributed by atoms with E-state index in [1.165, 1.54) is 6.07 Å². The number of carbonyl (C=O) groups excluding carboxylic acids is 1. The van der Waals surface area contributed by atoms with Gasteiger partial charge in [0, 0.05) is 4.47 Å². The second-order valence-corrected chi connectivity index (χ2v) is 3.40. The van der Waals surface area contributed by atoms with Crippen molar-refractivity contribution in [3.63, 3.8) is 0 Å². The molecule has 1 N–H and O–H groups in total. The van der Waals surface area contributed by atoms with Gasteiger partial charge in [-0.25, -0.2) is 0 Å². The smallest absolute Gasteiger partial charge is 0.455 e. The van der Waals surface area contributed by atoms with Crippen molar-refractivity contribution in [3.8, 4) is 5.75 Å². The molecule has 0 atom stereocenters. The van der Waals surface area contributed by atoms with Gasteiger partial charge in [0.2, 0.25) is 0 Å². The van der Waals surface area contributed by atoms with E-state index in [4.69, 9.17) is 5.11 Å². The molecule has 0 amide bonds. The van der Waals surface area contributed by atoms with E-state index in [0.717, 1.165) is 12.1 Å². The zero-order valence-electron chi connectivity index (χ0n) is 6.60. The van der Waals surface area contributed by atoms with E-state index < -0.39 is 23.3 Å². The van der Waals surface area contributed by atoms with Crippen LogP contribution in [0.5, 0.6) is 5.75 Å². The van der Waals surface area contributed by atoms with Crippen molar-refractivity contribution in [2.45, 2.75) is 6.18 Å². The van der Waals surface area contributed by atoms with Gasteiger partial charge < -0.3 is 5.11 Å². The largest absolute Gasteiger partial charge is 0.507 e. The van der Waals surface area contributed by atoms with Crippen LogP contribution in [-0.2, 0) is 0 Å². The molecule has 76 valence electrons. The maximum atomic E-state index is 12.0. The molecule has 14 heavy (non-hydrogen) atoms. The van der Waals surface area contributed by atoms with Crippen LogP contribution >= 0.6 is 15.9 Å². The predicted octanol–water partition coefficient (Wildman–Crippen LogP) is 2.90. The zero-order valence-corrected chi connectivity index (χ0v) is 8.19. The molecule has 0 aromatic heterocycles. The Morgan fingerprint density at radius 3 is 2.43 bits per heavy atom. The van der Waals surface area contributed by atoms with Crippen molar-refractivity contribution in [3.05, 3.63) is 28.2 Å². The van der Waals surface area contributed by atoms with E-state index in [9.17, 15) is 18.0 Å². The highest BCUT2D eigenvalue weighted by molar-refractivity contribution is 9.10. The number of carbonyl (C=O) groups is 1. The Hall–Kier alpha value is -1.04. The molecule has 0 bridgehead atoms. The van der Waals surface area contributed by atoms with Gasteiger partial charge in [-0.3, -0.25) is 4.79 Å². The monoisotopic (exact) mass is 268 g/mol. The summed E-state index contributed by atoms with van der Waals surface area (Å²) in [5.41, 5.74) is -0.758. The molecule has 0 aliphatic heterocycles. The Morgan fingerprint density at radius 2 is 1.93 bits per heavy atom. The lowest BCUT2D eigenvalue weighted by Gasteiger charge is -2.06. The number of Topliss-reactive ketones (excluding diaryl/α,β-unsaturated/α-hetero) is 1. The number of ketones is 1. The lowest BCUT2D eigenvalue weighted by molar-refractivity contribution is -0.0886. The third-order valence-corrected chi connectivity index (χ3v) is 1.95. The Kier molecular flexibility index (Phi) is 2.84. The molecule has 0 saturated heterocycles. The van der Waals surface area contributed by atoms with Crippen LogP contribution in [0.3, 0.4) is 0 Å². The van der Waals surface area contributed by atoms with E-state index in [0.29, 0.717) is 4.47 Å². The summed E-state index contributed by atoms with van der Waals surface area (Å²) in [7, 11) is 0. The van der Waals surface area contributed by atoms with Crippen LogP contribution in [0.25, 0.3) is 0 Å². The molecular weight excluding hydrogens is 265 g/mol. The van der Waals surface area contributed by atoms with Gasteiger partial charge in [-0.2, -0.15) is 13.2 Å².